The molecule has 0 amide bonds. The molecule has 0 aliphatic heterocycles. The fraction of sp³-hybridized carbons (Fsp3) is 0.250. The third-order valence-electron chi connectivity index (χ3n) is 15.6. The molecule has 0 saturated heterocycles. The van der Waals surface area contributed by atoms with E-state index in [1.165, 1.54) is 44.1 Å². The Morgan fingerprint density at radius 2 is 1.03 bits per heavy atom. The van der Waals surface area contributed by atoms with Gasteiger partial charge in [0, 0.05) is 39.3 Å². The summed E-state index contributed by atoms with van der Waals surface area (Å²) in [4.78, 5) is 10.8. The van der Waals surface area contributed by atoms with Crippen LogP contribution in [0.15, 0.2) is 182 Å². The van der Waals surface area contributed by atoms with E-state index in [0.717, 1.165) is 84.0 Å². The molecule has 0 aliphatic rings. The highest BCUT2D eigenvalue weighted by molar-refractivity contribution is 6.10. The molecule has 1 N–H and O–H groups in total. The average Bonchev–Trinajstić information content (AvgIpc) is 3.97. The minimum atomic E-state index is -0.348. The monoisotopic (exact) mass is 1010 g/mol. The molecule has 0 unspecified atom stereocenters. The van der Waals surface area contributed by atoms with Crippen LogP contribution in [-0.4, -0.2) is 24.2 Å². The summed E-state index contributed by atoms with van der Waals surface area (Å²) in [6.45, 7) is 29.4. The summed E-state index contributed by atoms with van der Waals surface area (Å²) >= 11 is 0. The maximum absolute atomic E-state index is 12.9. The van der Waals surface area contributed by atoms with E-state index >= 15 is 0 Å². The lowest BCUT2D eigenvalue weighted by molar-refractivity contribution is 0.446. The Hall–Kier alpha value is -8.02. The van der Waals surface area contributed by atoms with E-state index in [9.17, 15) is 5.11 Å². The van der Waals surface area contributed by atoms with Gasteiger partial charge in [0.2, 0.25) is 0 Å². The fourth-order valence-corrected chi connectivity index (χ4v) is 11.3. The van der Waals surface area contributed by atoms with Crippen LogP contribution in [0.5, 0.6) is 5.75 Å². The smallest absolute Gasteiger partial charge is 0.149 e. The molecule has 0 fully saturated rings. The van der Waals surface area contributed by atoms with Crippen LogP contribution in [0.3, 0.4) is 0 Å². The van der Waals surface area contributed by atoms with Crippen molar-refractivity contribution in [2.45, 2.75) is 118 Å². The Kier molecular flexibility index (Phi) is 12.8. The summed E-state index contributed by atoms with van der Waals surface area (Å²) in [6.07, 6.45) is 1.92. The molecule has 0 atom stereocenters. The minimum Gasteiger partial charge on any atom is -0.507 e. The van der Waals surface area contributed by atoms with Gasteiger partial charge in [0.1, 0.15) is 11.6 Å². The number of imidazole rings is 1. The van der Waals surface area contributed by atoms with Gasteiger partial charge >= 0.3 is 0 Å². The second kappa shape index (κ2) is 19.2. The third kappa shape index (κ3) is 9.34. The lowest BCUT2D eigenvalue weighted by Crippen LogP contribution is -2.17. The van der Waals surface area contributed by atoms with E-state index < -0.39 is 0 Å². The molecule has 0 spiro atoms. The van der Waals surface area contributed by atoms with Gasteiger partial charge < -0.3 is 9.67 Å². The number of pyridine rings is 1. The number of phenolic OH excluding ortho intramolecular Hbond substituents is 1. The highest BCUT2D eigenvalue weighted by atomic mass is 16.3. The molecule has 5 nitrogen and oxygen atoms in total. The standard InChI is InChI=1S/C72H72N4O/c1-44(2)58-38-49(47-31-32-57-56-27-20-21-29-63(56)75(65(57)41-47)54-25-18-15-19-26-54)39-59(45(3)4)67(58)76-64-30-22-28-55(66(64)74-69(76)60-42-53(71(8,9)10)43-61(68(60)77)72(11,12)13)50-35-51(37-52(36-50)70(5,6)7)62-40-48(33-34-73-62)46-23-16-14-17-24-46/h14-45,77H,1-13H3. The first-order chi connectivity index (χ1) is 36.7. The molecule has 11 rings (SSSR count). The Morgan fingerprint density at radius 3 is 1.69 bits per heavy atom. The van der Waals surface area contributed by atoms with Crippen molar-refractivity contribution in [1.29, 1.82) is 0 Å². The number of aromatic hydroxyl groups is 1. The number of hydrogen-bond donors (Lipinski definition) is 1. The lowest BCUT2D eigenvalue weighted by atomic mass is 9.78. The topological polar surface area (TPSA) is 55.9 Å². The van der Waals surface area contributed by atoms with Gasteiger partial charge in [-0.2, -0.15) is 0 Å². The van der Waals surface area contributed by atoms with Crippen LogP contribution in [0.4, 0.5) is 0 Å². The third-order valence-corrected chi connectivity index (χ3v) is 15.6. The van der Waals surface area contributed by atoms with E-state index in [2.05, 4.69) is 275 Å². The highest BCUT2D eigenvalue weighted by Gasteiger charge is 2.31. The molecule has 0 saturated carbocycles. The van der Waals surface area contributed by atoms with E-state index in [1.807, 2.05) is 6.20 Å². The average molecular weight is 1010 g/mol. The van der Waals surface area contributed by atoms with Crippen LogP contribution in [0.2, 0.25) is 0 Å². The SMILES string of the molecule is CC(C)c1cc(-c2ccc3c4ccccc4n(-c4ccccc4)c3c2)cc(C(C)C)c1-n1c(-c2cc(C(C)(C)C)cc(C(C)(C)C)c2O)nc2c(-c3cc(-c4cc(-c5ccccc5)ccn4)cc(C(C)(C)C)c3)cccc21. The number of fused-ring (bicyclic) bond motifs is 4. The van der Waals surface area contributed by atoms with E-state index in [1.54, 1.807) is 0 Å². The second-order valence-corrected chi connectivity index (χ2v) is 24.9. The maximum Gasteiger partial charge on any atom is 0.149 e. The van der Waals surface area contributed by atoms with Crippen LogP contribution in [-0.2, 0) is 16.2 Å². The van der Waals surface area contributed by atoms with Crippen molar-refractivity contribution >= 4 is 32.8 Å². The van der Waals surface area contributed by atoms with Crippen LogP contribution in [0.1, 0.15) is 130 Å². The summed E-state index contributed by atoms with van der Waals surface area (Å²) in [6, 6.07) is 64.1. The molecule has 386 valence electrons. The number of para-hydroxylation sites is 3. The summed E-state index contributed by atoms with van der Waals surface area (Å²) in [7, 11) is 0. The molecule has 0 radical (unpaired) electrons. The van der Waals surface area contributed by atoms with E-state index in [4.69, 9.17) is 9.97 Å². The zero-order chi connectivity index (χ0) is 54.3. The van der Waals surface area contributed by atoms with Crippen molar-refractivity contribution in [3.05, 3.63) is 210 Å². The molecule has 0 aliphatic carbocycles. The molecule has 5 heteroatoms. The number of nitrogens with zero attached hydrogens (tertiary/aromatic N) is 4. The van der Waals surface area contributed by atoms with Gasteiger partial charge in [-0.05, 0) is 151 Å². The van der Waals surface area contributed by atoms with E-state index in [-0.39, 0.29) is 33.8 Å². The Balaban J connectivity index is 1.20. The highest BCUT2D eigenvalue weighted by Crippen LogP contribution is 2.48. The zero-order valence-electron chi connectivity index (χ0n) is 47.2. The minimum absolute atomic E-state index is 0.125. The predicted molar refractivity (Wildman–Crippen MR) is 326 cm³/mol. The molecular weight excluding hydrogens is 937 g/mol. The van der Waals surface area contributed by atoms with Crippen molar-refractivity contribution < 1.29 is 5.11 Å². The van der Waals surface area contributed by atoms with Gasteiger partial charge in [0.25, 0.3) is 0 Å². The van der Waals surface area contributed by atoms with Gasteiger partial charge in [-0.3, -0.25) is 9.55 Å². The number of hydrogen-bond acceptors (Lipinski definition) is 3. The molecule has 0 bridgehead atoms. The van der Waals surface area contributed by atoms with Crippen molar-refractivity contribution in [3.8, 4) is 73.2 Å². The molecule has 3 aromatic heterocycles. The largest absolute Gasteiger partial charge is 0.507 e. The lowest BCUT2D eigenvalue weighted by Gasteiger charge is -2.28. The van der Waals surface area contributed by atoms with Gasteiger partial charge in [-0.15, -0.1) is 0 Å². The van der Waals surface area contributed by atoms with Crippen LogP contribution >= 0.6 is 0 Å². The molecule has 8 aromatic carbocycles. The van der Waals surface area contributed by atoms with Crippen molar-refractivity contribution in [3.63, 3.8) is 0 Å². The second-order valence-electron chi connectivity index (χ2n) is 24.9. The normalized spacial score (nSPS) is 12.5. The van der Waals surface area contributed by atoms with Crippen molar-refractivity contribution in [1.82, 2.24) is 19.1 Å². The fourth-order valence-electron chi connectivity index (χ4n) is 11.3. The van der Waals surface area contributed by atoms with Gasteiger partial charge in [-0.25, -0.2) is 4.98 Å². The van der Waals surface area contributed by atoms with Crippen molar-refractivity contribution in [2.75, 3.05) is 0 Å². The van der Waals surface area contributed by atoms with Crippen LogP contribution < -0.4 is 0 Å². The summed E-state index contributed by atoms with van der Waals surface area (Å²) in [5.74, 6) is 1.23. The van der Waals surface area contributed by atoms with Gasteiger partial charge in [-0.1, -0.05) is 193 Å². The predicted octanol–water partition coefficient (Wildman–Crippen LogP) is 19.7. The van der Waals surface area contributed by atoms with E-state index in [0.29, 0.717) is 0 Å². The first-order valence-corrected chi connectivity index (χ1v) is 27.5. The van der Waals surface area contributed by atoms with Gasteiger partial charge in [0.15, 0.2) is 0 Å². The first-order valence-electron chi connectivity index (χ1n) is 27.5. The zero-order valence-corrected chi connectivity index (χ0v) is 47.2. The Bertz CT molecular complexity index is 4010. The Labute approximate surface area is 456 Å². The van der Waals surface area contributed by atoms with Crippen molar-refractivity contribution in [2.24, 2.45) is 0 Å². The molecular formula is C72H72N4O. The molecule has 77 heavy (non-hydrogen) atoms. The van der Waals surface area contributed by atoms with Gasteiger partial charge in [0.05, 0.1) is 39.0 Å². The summed E-state index contributed by atoms with van der Waals surface area (Å²) < 4.78 is 4.80. The summed E-state index contributed by atoms with van der Waals surface area (Å²) in [5.41, 5.74) is 20.8. The Morgan fingerprint density at radius 1 is 0.429 bits per heavy atom. The quantitative estimate of drug-likeness (QED) is 0.157. The molecule has 3 heterocycles. The maximum atomic E-state index is 12.9. The van der Waals surface area contributed by atoms with Crippen LogP contribution in [0, 0.1) is 0 Å². The summed E-state index contributed by atoms with van der Waals surface area (Å²) in [5, 5.41) is 15.3. The number of aromatic nitrogens is 4. The first kappa shape index (κ1) is 51.1. The number of benzene rings is 8. The van der Waals surface area contributed by atoms with Crippen LogP contribution in [0.25, 0.3) is 100 Å². The number of rotatable bonds is 9. The molecule has 11 aromatic rings. The number of phenols is 1.